The normalized spacial score (nSPS) is 18.3. The fourth-order valence-corrected chi connectivity index (χ4v) is 3.66. The van der Waals surface area contributed by atoms with Gasteiger partial charge in [-0.15, -0.1) is 11.3 Å². The third kappa shape index (κ3) is 6.07. The van der Waals surface area contributed by atoms with E-state index < -0.39 is 0 Å². The van der Waals surface area contributed by atoms with Crippen LogP contribution in [0.4, 0.5) is 0 Å². The van der Waals surface area contributed by atoms with Gasteiger partial charge in [0.2, 0.25) is 0 Å². The van der Waals surface area contributed by atoms with E-state index in [-0.39, 0.29) is 5.54 Å². The van der Waals surface area contributed by atoms with E-state index in [1.807, 2.05) is 11.3 Å². The molecule has 0 amide bonds. The zero-order chi connectivity index (χ0) is 15.3. The molecule has 0 radical (unpaired) electrons. The Morgan fingerprint density at radius 1 is 1.05 bits per heavy atom. The monoisotopic (exact) mass is 309 g/mol. The van der Waals surface area contributed by atoms with E-state index in [1.165, 1.54) is 48.9 Å². The van der Waals surface area contributed by atoms with Gasteiger partial charge in [-0.3, -0.25) is 4.90 Å². The maximum absolute atomic E-state index is 3.57. The number of hydrogen-bond acceptors (Lipinski definition) is 4. The van der Waals surface area contributed by atoms with Crippen molar-refractivity contribution in [3.05, 3.63) is 21.9 Å². The minimum atomic E-state index is 0.194. The molecule has 1 N–H and O–H groups in total. The molecule has 2 heterocycles. The van der Waals surface area contributed by atoms with Crippen molar-refractivity contribution >= 4 is 11.3 Å². The van der Waals surface area contributed by atoms with Gasteiger partial charge < -0.3 is 10.2 Å². The lowest BCUT2D eigenvalue weighted by molar-refractivity contribution is 0.128. The van der Waals surface area contributed by atoms with Crippen LogP contribution in [0.15, 0.2) is 12.1 Å². The highest BCUT2D eigenvalue weighted by molar-refractivity contribution is 7.11. The van der Waals surface area contributed by atoms with Crippen LogP contribution in [0.2, 0.25) is 0 Å². The molecule has 1 aliphatic rings. The van der Waals surface area contributed by atoms with Gasteiger partial charge in [-0.05, 0) is 45.9 Å². The van der Waals surface area contributed by atoms with Gasteiger partial charge in [0.1, 0.15) is 0 Å². The van der Waals surface area contributed by atoms with Gasteiger partial charge in [-0.2, -0.15) is 0 Å². The molecule has 0 bridgehead atoms. The predicted octanol–water partition coefficient (Wildman–Crippen LogP) is 3.16. The molecule has 21 heavy (non-hydrogen) atoms. The van der Waals surface area contributed by atoms with Gasteiger partial charge in [0, 0.05) is 54.6 Å². The molecule has 0 aliphatic carbocycles. The Balaban J connectivity index is 1.75. The molecule has 0 saturated carbocycles. The molecule has 0 spiro atoms. The summed E-state index contributed by atoms with van der Waals surface area (Å²) in [4.78, 5) is 8.14. The minimum absolute atomic E-state index is 0.194. The van der Waals surface area contributed by atoms with Crippen LogP contribution in [0.25, 0.3) is 0 Å². The Morgan fingerprint density at radius 2 is 1.67 bits per heavy atom. The van der Waals surface area contributed by atoms with Crippen molar-refractivity contribution in [2.24, 2.45) is 0 Å². The van der Waals surface area contributed by atoms with Crippen LogP contribution >= 0.6 is 11.3 Å². The molecule has 1 fully saturated rings. The second-order valence-electron chi connectivity index (χ2n) is 7.09. The number of thiophene rings is 1. The summed E-state index contributed by atoms with van der Waals surface area (Å²) in [5.74, 6) is 0. The van der Waals surface area contributed by atoms with Crippen molar-refractivity contribution in [1.82, 2.24) is 15.1 Å². The molecule has 1 aliphatic heterocycles. The van der Waals surface area contributed by atoms with Crippen molar-refractivity contribution in [1.29, 1.82) is 0 Å². The van der Waals surface area contributed by atoms with Crippen LogP contribution in [0.3, 0.4) is 0 Å². The number of rotatable bonds is 6. The van der Waals surface area contributed by atoms with Crippen LogP contribution in [0.5, 0.6) is 0 Å². The van der Waals surface area contributed by atoms with Crippen molar-refractivity contribution in [3.8, 4) is 0 Å². The van der Waals surface area contributed by atoms with Crippen LogP contribution in [-0.2, 0) is 13.1 Å². The largest absolute Gasteiger partial charge is 0.307 e. The molecule has 3 nitrogen and oxygen atoms in total. The summed E-state index contributed by atoms with van der Waals surface area (Å²) < 4.78 is 0. The average Bonchev–Trinajstić information content (AvgIpc) is 2.86. The second kappa shape index (κ2) is 7.73. The highest BCUT2D eigenvalue weighted by Crippen LogP contribution is 2.19. The maximum Gasteiger partial charge on any atom is 0.0329 e. The van der Waals surface area contributed by atoms with E-state index in [4.69, 9.17) is 0 Å². The van der Waals surface area contributed by atoms with Gasteiger partial charge >= 0.3 is 0 Å². The minimum Gasteiger partial charge on any atom is -0.307 e. The average molecular weight is 310 g/mol. The second-order valence-corrected chi connectivity index (χ2v) is 8.34. The summed E-state index contributed by atoms with van der Waals surface area (Å²) in [6.07, 6.45) is 1.27. The van der Waals surface area contributed by atoms with E-state index in [2.05, 4.69) is 54.9 Å². The smallest absolute Gasteiger partial charge is 0.0329 e. The molecule has 1 aromatic heterocycles. The van der Waals surface area contributed by atoms with Crippen molar-refractivity contribution in [3.63, 3.8) is 0 Å². The van der Waals surface area contributed by atoms with E-state index in [0.717, 1.165) is 13.1 Å². The van der Waals surface area contributed by atoms with Crippen molar-refractivity contribution in [2.45, 2.75) is 52.7 Å². The SMILES string of the molecule is CCCN1CCN(Cc2ccc(CNC(C)(C)C)s2)CC1. The lowest BCUT2D eigenvalue weighted by Crippen LogP contribution is -2.45. The molecule has 1 saturated heterocycles. The highest BCUT2D eigenvalue weighted by Gasteiger charge is 2.17. The number of nitrogens with one attached hydrogen (secondary N) is 1. The first kappa shape index (κ1) is 16.9. The molecule has 0 aromatic carbocycles. The van der Waals surface area contributed by atoms with Crippen molar-refractivity contribution in [2.75, 3.05) is 32.7 Å². The fourth-order valence-electron chi connectivity index (χ4n) is 2.66. The molecule has 1 aromatic rings. The molecular formula is C17H31N3S. The number of hydrogen-bond donors (Lipinski definition) is 1. The topological polar surface area (TPSA) is 18.5 Å². The van der Waals surface area contributed by atoms with Crippen LogP contribution in [0.1, 0.15) is 43.9 Å². The van der Waals surface area contributed by atoms with Gasteiger partial charge in [-0.1, -0.05) is 6.92 Å². The van der Waals surface area contributed by atoms with E-state index in [1.54, 1.807) is 0 Å². The number of piperazine rings is 1. The summed E-state index contributed by atoms with van der Waals surface area (Å²) in [6, 6.07) is 4.59. The van der Waals surface area contributed by atoms with Gasteiger partial charge in [-0.25, -0.2) is 0 Å². The Labute approximate surface area is 134 Å². The quantitative estimate of drug-likeness (QED) is 0.871. The Kier molecular flexibility index (Phi) is 6.23. The maximum atomic E-state index is 3.57. The Bertz CT molecular complexity index is 414. The summed E-state index contributed by atoms with van der Waals surface area (Å²) >= 11 is 1.96. The van der Waals surface area contributed by atoms with E-state index in [9.17, 15) is 0 Å². The lowest BCUT2D eigenvalue weighted by Gasteiger charge is -2.34. The molecule has 0 atom stereocenters. The first-order chi connectivity index (χ1) is 9.96. The summed E-state index contributed by atoms with van der Waals surface area (Å²) in [6.45, 7) is 17.2. The van der Waals surface area contributed by atoms with Gasteiger partial charge in [0.15, 0.2) is 0 Å². The molecule has 0 unspecified atom stereocenters. The van der Waals surface area contributed by atoms with Gasteiger partial charge in [0.05, 0.1) is 0 Å². The third-order valence-corrected chi connectivity index (χ3v) is 4.96. The van der Waals surface area contributed by atoms with Crippen molar-refractivity contribution < 1.29 is 0 Å². The molecule has 2 rings (SSSR count). The van der Waals surface area contributed by atoms with Crippen LogP contribution < -0.4 is 5.32 Å². The molecule has 120 valence electrons. The Hall–Kier alpha value is -0.420. The van der Waals surface area contributed by atoms with E-state index >= 15 is 0 Å². The highest BCUT2D eigenvalue weighted by atomic mass is 32.1. The lowest BCUT2D eigenvalue weighted by atomic mass is 10.1. The van der Waals surface area contributed by atoms with Crippen LogP contribution in [-0.4, -0.2) is 48.1 Å². The third-order valence-electron chi connectivity index (χ3n) is 3.89. The zero-order valence-corrected chi connectivity index (χ0v) is 14.9. The number of nitrogens with zero attached hydrogens (tertiary/aromatic N) is 2. The van der Waals surface area contributed by atoms with E-state index in [0.29, 0.717) is 0 Å². The first-order valence-electron chi connectivity index (χ1n) is 8.23. The standard InChI is InChI=1S/C17H31N3S/c1-5-8-19-9-11-20(12-10-19)14-16-7-6-15(21-16)13-18-17(2,3)4/h6-7,18H,5,8-14H2,1-4H3. The molecular weight excluding hydrogens is 278 g/mol. The van der Waals surface area contributed by atoms with Crippen LogP contribution in [0, 0.1) is 0 Å². The fraction of sp³-hybridized carbons (Fsp3) is 0.765. The summed E-state index contributed by atoms with van der Waals surface area (Å²) in [5, 5.41) is 3.57. The zero-order valence-electron chi connectivity index (χ0n) is 14.1. The molecule has 4 heteroatoms. The predicted molar refractivity (Wildman–Crippen MR) is 92.9 cm³/mol. The Morgan fingerprint density at radius 3 is 2.29 bits per heavy atom. The van der Waals surface area contributed by atoms with Gasteiger partial charge in [0.25, 0.3) is 0 Å². The summed E-state index contributed by atoms with van der Waals surface area (Å²) in [7, 11) is 0. The summed E-state index contributed by atoms with van der Waals surface area (Å²) in [5.41, 5.74) is 0.194. The first-order valence-corrected chi connectivity index (χ1v) is 9.05.